The van der Waals surface area contributed by atoms with Crippen molar-refractivity contribution in [1.82, 2.24) is 4.90 Å². The minimum Gasteiger partial charge on any atom is -0.481 e. The SMILES string of the molecule is CCCCN(C(=O)C(C)C(C)C(=O)O)C(C)CC. The van der Waals surface area contributed by atoms with Crippen molar-refractivity contribution in [3.8, 4) is 0 Å². The summed E-state index contributed by atoms with van der Waals surface area (Å²) in [5.74, 6) is -2.04. The lowest BCUT2D eigenvalue weighted by Gasteiger charge is -2.32. The fourth-order valence-electron chi connectivity index (χ4n) is 1.79. The molecule has 1 amide bonds. The number of carboxylic acid groups (broad SMARTS) is 1. The maximum absolute atomic E-state index is 12.4. The van der Waals surface area contributed by atoms with Crippen LogP contribution in [0.4, 0.5) is 0 Å². The van der Waals surface area contributed by atoms with E-state index in [1.165, 1.54) is 0 Å². The lowest BCUT2D eigenvalue weighted by molar-refractivity contribution is -0.150. The lowest BCUT2D eigenvalue weighted by Crippen LogP contribution is -2.44. The highest BCUT2D eigenvalue weighted by molar-refractivity contribution is 5.84. The highest BCUT2D eigenvalue weighted by atomic mass is 16.4. The molecule has 0 rings (SSSR count). The number of amides is 1. The largest absolute Gasteiger partial charge is 0.481 e. The summed E-state index contributed by atoms with van der Waals surface area (Å²) in [6, 6.07) is 0.174. The fourth-order valence-corrected chi connectivity index (χ4v) is 1.79. The van der Waals surface area contributed by atoms with Gasteiger partial charge in [-0.05, 0) is 19.8 Å². The van der Waals surface area contributed by atoms with Crippen molar-refractivity contribution in [2.24, 2.45) is 11.8 Å². The third kappa shape index (κ3) is 4.67. The number of carbonyl (C=O) groups excluding carboxylic acids is 1. The standard InChI is InChI=1S/C14H27NO3/c1-6-8-9-15(10(3)7-2)13(16)11(4)12(5)14(17)18/h10-12H,6-9H2,1-5H3,(H,17,18). The van der Waals surface area contributed by atoms with Gasteiger partial charge in [0.15, 0.2) is 0 Å². The van der Waals surface area contributed by atoms with Crippen LogP contribution in [0.25, 0.3) is 0 Å². The molecule has 0 saturated carbocycles. The number of hydrogen-bond donors (Lipinski definition) is 1. The molecule has 0 aliphatic rings. The molecule has 0 aromatic heterocycles. The fraction of sp³-hybridized carbons (Fsp3) is 0.857. The van der Waals surface area contributed by atoms with Crippen LogP contribution in [0.3, 0.4) is 0 Å². The van der Waals surface area contributed by atoms with Gasteiger partial charge in [-0.15, -0.1) is 0 Å². The van der Waals surface area contributed by atoms with Crippen molar-refractivity contribution in [3.63, 3.8) is 0 Å². The summed E-state index contributed by atoms with van der Waals surface area (Å²) in [4.78, 5) is 25.1. The van der Waals surface area contributed by atoms with E-state index in [9.17, 15) is 9.59 Å². The molecule has 0 saturated heterocycles. The maximum Gasteiger partial charge on any atom is 0.307 e. The van der Waals surface area contributed by atoms with Gasteiger partial charge in [-0.2, -0.15) is 0 Å². The molecular formula is C14H27NO3. The first-order valence-electron chi connectivity index (χ1n) is 6.90. The van der Waals surface area contributed by atoms with E-state index < -0.39 is 17.8 Å². The Kier molecular flexibility index (Phi) is 7.64. The summed E-state index contributed by atoms with van der Waals surface area (Å²) in [6.07, 6.45) is 2.89. The van der Waals surface area contributed by atoms with Crippen LogP contribution in [0.1, 0.15) is 53.9 Å². The number of carboxylic acids is 1. The zero-order chi connectivity index (χ0) is 14.3. The van der Waals surface area contributed by atoms with E-state index in [1.807, 2.05) is 18.7 Å². The third-order valence-electron chi connectivity index (χ3n) is 3.69. The normalized spacial score (nSPS) is 15.8. The van der Waals surface area contributed by atoms with Gasteiger partial charge in [0.2, 0.25) is 5.91 Å². The van der Waals surface area contributed by atoms with Gasteiger partial charge in [0.05, 0.1) is 5.92 Å². The van der Waals surface area contributed by atoms with E-state index in [4.69, 9.17) is 5.11 Å². The number of carbonyl (C=O) groups is 2. The Bertz CT molecular complexity index is 278. The highest BCUT2D eigenvalue weighted by Gasteiger charge is 2.30. The highest BCUT2D eigenvalue weighted by Crippen LogP contribution is 2.18. The molecule has 1 N–H and O–H groups in total. The Morgan fingerprint density at radius 2 is 1.67 bits per heavy atom. The molecule has 4 nitrogen and oxygen atoms in total. The summed E-state index contributed by atoms with van der Waals surface area (Å²) in [5.41, 5.74) is 0. The monoisotopic (exact) mass is 257 g/mol. The van der Waals surface area contributed by atoms with Gasteiger partial charge in [0.1, 0.15) is 0 Å². The van der Waals surface area contributed by atoms with Gasteiger partial charge >= 0.3 is 5.97 Å². The predicted octanol–water partition coefficient (Wildman–Crippen LogP) is 2.77. The third-order valence-corrected chi connectivity index (χ3v) is 3.69. The van der Waals surface area contributed by atoms with Crippen LogP contribution in [0, 0.1) is 11.8 Å². The topological polar surface area (TPSA) is 57.6 Å². The van der Waals surface area contributed by atoms with Crippen molar-refractivity contribution < 1.29 is 14.7 Å². The molecular weight excluding hydrogens is 230 g/mol. The van der Waals surface area contributed by atoms with Crippen LogP contribution in [-0.2, 0) is 9.59 Å². The average molecular weight is 257 g/mol. The van der Waals surface area contributed by atoms with Crippen molar-refractivity contribution in [3.05, 3.63) is 0 Å². The molecule has 4 heteroatoms. The maximum atomic E-state index is 12.4. The number of hydrogen-bond acceptors (Lipinski definition) is 2. The van der Waals surface area contributed by atoms with E-state index in [-0.39, 0.29) is 11.9 Å². The van der Waals surface area contributed by atoms with Crippen LogP contribution >= 0.6 is 0 Å². The molecule has 0 spiro atoms. The van der Waals surface area contributed by atoms with E-state index in [0.717, 1.165) is 25.8 Å². The molecule has 0 aliphatic carbocycles. The van der Waals surface area contributed by atoms with Crippen LogP contribution in [-0.4, -0.2) is 34.5 Å². The van der Waals surface area contributed by atoms with Crippen LogP contribution in [0.5, 0.6) is 0 Å². The number of rotatable bonds is 8. The van der Waals surface area contributed by atoms with Gasteiger partial charge in [0, 0.05) is 18.5 Å². The number of nitrogens with zero attached hydrogens (tertiary/aromatic N) is 1. The molecule has 0 bridgehead atoms. The Morgan fingerprint density at radius 1 is 1.11 bits per heavy atom. The first-order chi connectivity index (χ1) is 8.36. The van der Waals surface area contributed by atoms with Crippen molar-refractivity contribution >= 4 is 11.9 Å². The quantitative estimate of drug-likeness (QED) is 0.727. The minimum atomic E-state index is -0.907. The smallest absolute Gasteiger partial charge is 0.307 e. The van der Waals surface area contributed by atoms with Crippen LogP contribution in [0.15, 0.2) is 0 Å². The molecule has 3 unspecified atom stereocenters. The molecule has 18 heavy (non-hydrogen) atoms. The van der Waals surface area contributed by atoms with Gasteiger partial charge in [-0.25, -0.2) is 0 Å². The molecule has 0 radical (unpaired) electrons. The summed E-state index contributed by atoms with van der Waals surface area (Å²) < 4.78 is 0. The zero-order valence-electron chi connectivity index (χ0n) is 12.3. The summed E-state index contributed by atoms with van der Waals surface area (Å²) in [7, 11) is 0. The molecule has 0 fully saturated rings. The summed E-state index contributed by atoms with van der Waals surface area (Å²) in [5, 5.41) is 8.98. The first kappa shape index (κ1) is 16.9. The van der Waals surface area contributed by atoms with Crippen molar-refractivity contribution in [1.29, 1.82) is 0 Å². The van der Waals surface area contributed by atoms with Crippen molar-refractivity contribution in [2.45, 2.75) is 59.9 Å². The second kappa shape index (κ2) is 8.11. The van der Waals surface area contributed by atoms with E-state index in [1.54, 1.807) is 13.8 Å². The molecule has 3 atom stereocenters. The molecule has 0 aliphatic heterocycles. The van der Waals surface area contributed by atoms with Gasteiger partial charge in [-0.3, -0.25) is 9.59 Å². The molecule has 106 valence electrons. The van der Waals surface area contributed by atoms with E-state index >= 15 is 0 Å². The van der Waals surface area contributed by atoms with E-state index in [2.05, 4.69) is 6.92 Å². The summed E-state index contributed by atoms with van der Waals surface area (Å²) >= 11 is 0. The Morgan fingerprint density at radius 3 is 2.06 bits per heavy atom. The molecule has 0 aromatic rings. The lowest BCUT2D eigenvalue weighted by atomic mass is 9.94. The number of unbranched alkanes of at least 4 members (excludes halogenated alkanes) is 1. The zero-order valence-corrected chi connectivity index (χ0v) is 12.3. The van der Waals surface area contributed by atoms with Crippen LogP contribution in [0.2, 0.25) is 0 Å². The second-order valence-electron chi connectivity index (χ2n) is 5.06. The molecule has 0 heterocycles. The average Bonchev–Trinajstić information content (AvgIpc) is 2.36. The first-order valence-corrected chi connectivity index (χ1v) is 6.90. The molecule has 0 aromatic carbocycles. The summed E-state index contributed by atoms with van der Waals surface area (Å²) in [6.45, 7) is 10.2. The van der Waals surface area contributed by atoms with Gasteiger partial charge in [0.25, 0.3) is 0 Å². The Hall–Kier alpha value is -1.06. The van der Waals surface area contributed by atoms with E-state index in [0.29, 0.717) is 0 Å². The van der Waals surface area contributed by atoms with Gasteiger partial charge < -0.3 is 10.0 Å². The Balaban J connectivity index is 4.77. The number of aliphatic carboxylic acids is 1. The minimum absolute atomic E-state index is 0.0345. The predicted molar refractivity (Wildman–Crippen MR) is 72.3 cm³/mol. The van der Waals surface area contributed by atoms with Crippen LogP contribution < -0.4 is 0 Å². The second-order valence-corrected chi connectivity index (χ2v) is 5.06. The Labute approximate surface area is 110 Å². The van der Waals surface area contributed by atoms with Gasteiger partial charge in [-0.1, -0.05) is 34.1 Å². The van der Waals surface area contributed by atoms with Crippen molar-refractivity contribution in [2.75, 3.05) is 6.54 Å².